The van der Waals surface area contributed by atoms with Crippen molar-refractivity contribution in [3.63, 3.8) is 0 Å². The summed E-state index contributed by atoms with van der Waals surface area (Å²) < 4.78 is 0. The number of ketones is 1. The fraction of sp³-hybridized carbons (Fsp3) is 0.500. The Bertz CT molecular complexity index is 358. The Balaban J connectivity index is 1.85. The van der Waals surface area contributed by atoms with Gasteiger partial charge in [0, 0.05) is 18.9 Å². The normalized spacial score (nSPS) is 23.4. The second kappa shape index (κ2) is 4.79. The lowest BCUT2D eigenvalue weighted by molar-refractivity contribution is -0.120. The second-order valence-electron chi connectivity index (χ2n) is 4.88. The van der Waals surface area contributed by atoms with Gasteiger partial charge in [-0.05, 0) is 32.0 Å². The van der Waals surface area contributed by atoms with Gasteiger partial charge >= 0.3 is 0 Å². The molecule has 1 aromatic rings. The van der Waals surface area contributed by atoms with Crippen LogP contribution < -0.4 is 0 Å². The zero-order valence-corrected chi connectivity index (χ0v) is 10.0. The van der Waals surface area contributed by atoms with Crippen molar-refractivity contribution in [2.75, 3.05) is 20.6 Å². The van der Waals surface area contributed by atoms with E-state index in [2.05, 4.69) is 29.2 Å². The molecule has 1 aliphatic carbocycles. The van der Waals surface area contributed by atoms with Crippen molar-refractivity contribution >= 4 is 5.78 Å². The number of hydrogen-bond acceptors (Lipinski definition) is 2. The van der Waals surface area contributed by atoms with Crippen LogP contribution in [0.25, 0.3) is 0 Å². The first-order valence-corrected chi connectivity index (χ1v) is 5.91. The van der Waals surface area contributed by atoms with Crippen LogP contribution >= 0.6 is 0 Å². The lowest BCUT2D eigenvalue weighted by atomic mass is 10.1. The van der Waals surface area contributed by atoms with Crippen molar-refractivity contribution in [1.29, 1.82) is 0 Å². The predicted octanol–water partition coefficient (Wildman–Crippen LogP) is 2.31. The maximum atomic E-state index is 11.9. The molecule has 0 N–H and O–H groups in total. The van der Waals surface area contributed by atoms with Crippen LogP contribution in [0.4, 0.5) is 0 Å². The topological polar surface area (TPSA) is 20.3 Å². The first kappa shape index (κ1) is 11.3. The third-order valence-electron chi connectivity index (χ3n) is 3.24. The minimum atomic E-state index is 0.294. The summed E-state index contributed by atoms with van der Waals surface area (Å²) in [6, 6.07) is 10.4. The van der Waals surface area contributed by atoms with E-state index in [0.717, 1.165) is 13.0 Å². The average Bonchev–Trinajstić information content (AvgIpc) is 3.07. The molecule has 0 bridgehead atoms. The van der Waals surface area contributed by atoms with E-state index in [1.165, 1.54) is 5.56 Å². The van der Waals surface area contributed by atoms with Crippen molar-refractivity contribution in [3.8, 4) is 0 Å². The lowest BCUT2D eigenvalue weighted by Gasteiger charge is -2.07. The molecular formula is C14H19NO. The Morgan fingerprint density at radius 1 is 1.31 bits per heavy atom. The van der Waals surface area contributed by atoms with Gasteiger partial charge in [0.05, 0.1) is 0 Å². The summed E-state index contributed by atoms with van der Waals surface area (Å²) in [5.74, 6) is 1.22. The van der Waals surface area contributed by atoms with Crippen molar-refractivity contribution < 1.29 is 4.79 Å². The number of benzene rings is 1. The van der Waals surface area contributed by atoms with Crippen LogP contribution in [0.5, 0.6) is 0 Å². The number of hydrogen-bond donors (Lipinski definition) is 0. The number of carbonyl (C=O) groups excluding carboxylic acids is 1. The van der Waals surface area contributed by atoms with Gasteiger partial charge in [0.15, 0.2) is 0 Å². The van der Waals surface area contributed by atoms with Gasteiger partial charge in [-0.1, -0.05) is 30.3 Å². The second-order valence-corrected chi connectivity index (χ2v) is 4.88. The van der Waals surface area contributed by atoms with Crippen molar-refractivity contribution in [1.82, 2.24) is 4.90 Å². The summed E-state index contributed by atoms with van der Waals surface area (Å²) >= 11 is 0. The molecule has 0 aliphatic heterocycles. The van der Waals surface area contributed by atoms with Gasteiger partial charge in [0.25, 0.3) is 0 Å². The van der Waals surface area contributed by atoms with Gasteiger partial charge in [0.2, 0.25) is 0 Å². The van der Waals surface area contributed by atoms with E-state index in [9.17, 15) is 4.79 Å². The standard InChI is InChI=1S/C14H19NO/c1-15(2)9-8-14(16)13-10-12(13)11-6-4-3-5-7-11/h3-7,12-13H,8-10H2,1-2H3. The Hall–Kier alpha value is -1.15. The van der Waals surface area contributed by atoms with E-state index >= 15 is 0 Å². The molecule has 2 heteroatoms. The molecular weight excluding hydrogens is 198 g/mol. The maximum absolute atomic E-state index is 11.9. The highest BCUT2D eigenvalue weighted by molar-refractivity contribution is 5.85. The van der Waals surface area contributed by atoms with E-state index in [4.69, 9.17) is 0 Å². The van der Waals surface area contributed by atoms with Gasteiger partial charge in [-0.3, -0.25) is 4.79 Å². The minimum absolute atomic E-state index is 0.294. The Morgan fingerprint density at radius 3 is 2.62 bits per heavy atom. The number of carbonyl (C=O) groups is 1. The Labute approximate surface area is 97.3 Å². The fourth-order valence-corrected chi connectivity index (χ4v) is 2.14. The summed E-state index contributed by atoms with van der Waals surface area (Å²) in [5.41, 5.74) is 1.32. The molecule has 0 aromatic heterocycles. The smallest absolute Gasteiger partial charge is 0.137 e. The van der Waals surface area contributed by atoms with Crippen molar-refractivity contribution in [2.24, 2.45) is 5.92 Å². The maximum Gasteiger partial charge on any atom is 0.137 e. The monoisotopic (exact) mass is 217 g/mol. The van der Waals surface area contributed by atoms with E-state index in [1.54, 1.807) is 0 Å². The molecule has 0 saturated heterocycles. The summed E-state index contributed by atoms with van der Waals surface area (Å²) in [6.07, 6.45) is 1.75. The van der Waals surface area contributed by atoms with Crippen LogP contribution in [0.2, 0.25) is 0 Å². The fourth-order valence-electron chi connectivity index (χ4n) is 2.14. The highest BCUT2D eigenvalue weighted by Crippen LogP contribution is 2.48. The third-order valence-corrected chi connectivity index (χ3v) is 3.24. The van der Waals surface area contributed by atoms with Gasteiger partial charge in [-0.2, -0.15) is 0 Å². The van der Waals surface area contributed by atoms with Crippen molar-refractivity contribution in [2.45, 2.75) is 18.8 Å². The largest absolute Gasteiger partial charge is 0.309 e. The number of nitrogens with zero attached hydrogens (tertiary/aromatic N) is 1. The molecule has 2 atom stereocenters. The van der Waals surface area contributed by atoms with Gasteiger partial charge < -0.3 is 4.90 Å². The lowest BCUT2D eigenvalue weighted by Crippen LogP contribution is -2.17. The first-order valence-electron chi connectivity index (χ1n) is 5.91. The molecule has 86 valence electrons. The molecule has 1 fully saturated rings. The molecule has 0 radical (unpaired) electrons. The summed E-state index contributed by atoms with van der Waals surface area (Å²) in [4.78, 5) is 13.9. The van der Waals surface area contributed by atoms with Crippen LogP contribution in [-0.4, -0.2) is 31.3 Å². The van der Waals surface area contributed by atoms with Gasteiger partial charge in [-0.15, -0.1) is 0 Å². The van der Waals surface area contributed by atoms with E-state index in [1.807, 2.05) is 20.2 Å². The van der Waals surface area contributed by atoms with Gasteiger partial charge in [-0.25, -0.2) is 0 Å². The van der Waals surface area contributed by atoms with E-state index < -0.39 is 0 Å². The van der Waals surface area contributed by atoms with Crippen LogP contribution in [0.15, 0.2) is 30.3 Å². The summed E-state index contributed by atoms with van der Waals surface area (Å²) in [6.45, 7) is 0.872. The highest BCUT2D eigenvalue weighted by Gasteiger charge is 2.42. The molecule has 2 nitrogen and oxygen atoms in total. The molecule has 2 unspecified atom stereocenters. The molecule has 0 spiro atoms. The molecule has 1 aromatic carbocycles. The van der Waals surface area contributed by atoms with Crippen LogP contribution in [0.3, 0.4) is 0 Å². The van der Waals surface area contributed by atoms with Crippen molar-refractivity contribution in [3.05, 3.63) is 35.9 Å². The van der Waals surface area contributed by atoms with Crippen LogP contribution in [0, 0.1) is 5.92 Å². The van der Waals surface area contributed by atoms with Crippen LogP contribution in [-0.2, 0) is 4.79 Å². The quantitative estimate of drug-likeness (QED) is 0.754. The zero-order valence-electron chi connectivity index (χ0n) is 10.0. The predicted molar refractivity (Wildman–Crippen MR) is 65.5 cm³/mol. The minimum Gasteiger partial charge on any atom is -0.309 e. The molecule has 1 aliphatic rings. The molecule has 2 rings (SSSR count). The average molecular weight is 217 g/mol. The Kier molecular flexibility index (Phi) is 3.39. The number of Topliss-reactive ketones (excluding diaryl/α,β-unsaturated/α-hetero) is 1. The summed E-state index contributed by atoms with van der Waals surface area (Å²) in [7, 11) is 4.02. The highest BCUT2D eigenvalue weighted by atomic mass is 16.1. The van der Waals surface area contributed by atoms with E-state index in [-0.39, 0.29) is 0 Å². The molecule has 0 amide bonds. The SMILES string of the molecule is CN(C)CCC(=O)C1CC1c1ccccc1. The molecule has 16 heavy (non-hydrogen) atoms. The first-order chi connectivity index (χ1) is 7.68. The zero-order chi connectivity index (χ0) is 11.5. The third kappa shape index (κ3) is 2.70. The van der Waals surface area contributed by atoms with Crippen LogP contribution in [0.1, 0.15) is 24.3 Å². The molecule has 0 heterocycles. The van der Waals surface area contributed by atoms with Gasteiger partial charge in [0.1, 0.15) is 5.78 Å². The Morgan fingerprint density at radius 2 is 2.00 bits per heavy atom. The van der Waals surface area contributed by atoms with E-state index in [0.29, 0.717) is 24.0 Å². The summed E-state index contributed by atoms with van der Waals surface area (Å²) in [5, 5.41) is 0. The number of rotatable bonds is 5. The molecule has 1 saturated carbocycles.